The average molecular weight is 198 g/mol. The van der Waals surface area contributed by atoms with Crippen molar-refractivity contribution in [1.29, 1.82) is 0 Å². The maximum Gasteiger partial charge on any atom is 0.167 e. The number of nitrogen functional groups attached to an aromatic ring is 1. The zero-order valence-electron chi connectivity index (χ0n) is 8.46. The SMILES string of the molecule is CN(C)CCOc1ccc(N)cc1F. The smallest absolute Gasteiger partial charge is 0.167 e. The van der Waals surface area contributed by atoms with Gasteiger partial charge in [0.15, 0.2) is 11.6 Å². The second kappa shape index (κ2) is 4.81. The lowest BCUT2D eigenvalue weighted by Crippen LogP contribution is -2.19. The van der Waals surface area contributed by atoms with E-state index in [0.29, 0.717) is 12.3 Å². The highest BCUT2D eigenvalue weighted by Gasteiger charge is 2.02. The van der Waals surface area contributed by atoms with Crippen LogP contribution in [0.3, 0.4) is 0 Å². The molecule has 0 saturated carbocycles. The van der Waals surface area contributed by atoms with Crippen molar-refractivity contribution in [2.45, 2.75) is 0 Å². The molecule has 0 aliphatic rings. The van der Waals surface area contributed by atoms with E-state index in [1.54, 1.807) is 12.1 Å². The van der Waals surface area contributed by atoms with Crippen molar-refractivity contribution in [3.8, 4) is 5.75 Å². The van der Waals surface area contributed by atoms with Gasteiger partial charge in [-0.15, -0.1) is 0 Å². The molecular weight excluding hydrogens is 183 g/mol. The molecule has 0 amide bonds. The van der Waals surface area contributed by atoms with E-state index in [2.05, 4.69) is 0 Å². The van der Waals surface area contributed by atoms with Gasteiger partial charge in [0.2, 0.25) is 0 Å². The number of benzene rings is 1. The van der Waals surface area contributed by atoms with Crippen molar-refractivity contribution in [3.05, 3.63) is 24.0 Å². The Morgan fingerprint density at radius 1 is 1.43 bits per heavy atom. The third-order valence-electron chi connectivity index (χ3n) is 1.75. The molecule has 0 unspecified atom stereocenters. The van der Waals surface area contributed by atoms with Crippen molar-refractivity contribution in [2.24, 2.45) is 0 Å². The van der Waals surface area contributed by atoms with Crippen molar-refractivity contribution >= 4 is 5.69 Å². The van der Waals surface area contributed by atoms with Gasteiger partial charge in [-0.25, -0.2) is 4.39 Å². The predicted molar refractivity (Wildman–Crippen MR) is 54.9 cm³/mol. The highest BCUT2D eigenvalue weighted by molar-refractivity contribution is 5.42. The maximum absolute atomic E-state index is 13.2. The van der Waals surface area contributed by atoms with Crippen molar-refractivity contribution in [1.82, 2.24) is 4.90 Å². The van der Waals surface area contributed by atoms with Crippen LogP contribution in [0.25, 0.3) is 0 Å². The molecule has 0 aromatic heterocycles. The van der Waals surface area contributed by atoms with E-state index in [9.17, 15) is 4.39 Å². The molecule has 78 valence electrons. The van der Waals surface area contributed by atoms with Crippen molar-refractivity contribution < 1.29 is 9.13 Å². The maximum atomic E-state index is 13.2. The molecule has 4 heteroatoms. The van der Waals surface area contributed by atoms with E-state index in [4.69, 9.17) is 10.5 Å². The Balaban J connectivity index is 2.51. The van der Waals surface area contributed by atoms with Gasteiger partial charge < -0.3 is 15.4 Å². The average Bonchev–Trinajstić information content (AvgIpc) is 2.08. The van der Waals surface area contributed by atoms with Gasteiger partial charge in [-0.1, -0.05) is 0 Å². The molecule has 1 aromatic rings. The first kappa shape index (κ1) is 10.8. The first-order chi connectivity index (χ1) is 6.59. The predicted octanol–water partition coefficient (Wildman–Crippen LogP) is 1.35. The van der Waals surface area contributed by atoms with Crippen LogP contribution in [-0.2, 0) is 0 Å². The Morgan fingerprint density at radius 3 is 2.71 bits per heavy atom. The highest BCUT2D eigenvalue weighted by atomic mass is 19.1. The number of rotatable bonds is 4. The van der Waals surface area contributed by atoms with Gasteiger partial charge in [0.05, 0.1) is 0 Å². The number of halogens is 1. The van der Waals surface area contributed by atoms with E-state index < -0.39 is 5.82 Å². The minimum atomic E-state index is -0.413. The molecule has 0 fully saturated rings. The van der Waals surface area contributed by atoms with Crippen LogP contribution in [0.2, 0.25) is 0 Å². The number of anilines is 1. The van der Waals surface area contributed by atoms with Crippen molar-refractivity contribution in [2.75, 3.05) is 33.0 Å². The summed E-state index contributed by atoms with van der Waals surface area (Å²) in [5.41, 5.74) is 5.81. The molecule has 3 nitrogen and oxygen atoms in total. The van der Waals surface area contributed by atoms with Gasteiger partial charge in [-0.3, -0.25) is 0 Å². The van der Waals surface area contributed by atoms with Crippen LogP contribution in [-0.4, -0.2) is 32.1 Å². The fourth-order valence-electron chi connectivity index (χ4n) is 0.972. The zero-order chi connectivity index (χ0) is 10.6. The van der Waals surface area contributed by atoms with Crippen LogP contribution in [0.1, 0.15) is 0 Å². The number of nitrogens with zero attached hydrogens (tertiary/aromatic N) is 1. The van der Waals surface area contributed by atoms with Gasteiger partial charge in [-0.05, 0) is 26.2 Å². The summed E-state index contributed by atoms with van der Waals surface area (Å²) >= 11 is 0. The van der Waals surface area contributed by atoms with E-state index >= 15 is 0 Å². The largest absolute Gasteiger partial charge is 0.489 e. The summed E-state index contributed by atoms with van der Waals surface area (Å²) in [6.07, 6.45) is 0. The lowest BCUT2D eigenvalue weighted by molar-refractivity contribution is 0.252. The molecule has 2 N–H and O–H groups in total. The molecular formula is C10H15FN2O. The minimum Gasteiger partial charge on any atom is -0.489 e. The summed E-state index contributed by atoms with van der Waals surface area (Å²) in [5.74, 6) is -0.162. The van der Waals surface area contributed by atoms with Crippen LogP contribution in [0.4, 0.5) is 10.1 Å². The van der Waals surface area contributed by atoms with Gasteiger partial charge in [-0.2, -0.15) is 0 Å². The van der Waals surface area contributed by atoms with Gasteiger partial charge in [0.25, 0.3) is 0 Å². The lowest BCUT2D eigenvalue weighted by atomic mass is 10.3. The lowest BCUT2D eigenvalue weighted by Gasteiger charge is -2.11. The van der Waals surface area contributed by atoms with E-state index in [0.717, 1.165) is 6.54 Å². The molecule has 0 radical (unpaired) electrons. The molecule has 0 heterocycles. The third-order valence-corrected chi connectivity index (χ3v) is 1.75. The topological polar surface area (TPSA) is 38.5 Å². The Morgan fingerprint density at radius 2 is 2.14 bits per heavy atom. The fourth-order valence-corrected chi connectivity index (χ4v) is 0.972. The normalized spacial score (nSPS) is 10.6. The molecule has 0 saturated heterocycles. The van der Waals surface area contributed by atoms with E-state index in [-0.39, 0.29) is 5.75 Å². The van der Waals surface area contributed by atoms with Crippen LogP contribution < -0.4 is 10.5 Å². The summed E-state index contributed by atoms with van der Waals surface area (Å²) in [4.78, 5) is 1.97. The van der Waals surface area contributed by atoms with Crippen LogP contribution in [0.15, 0.2) is 18.2 Å². The Bertz CT molecular complexity index is 302. The number of likely N-dealkylation sites (N-methyl/N-ethyl adjacent to an activating group) is 1. The summed E-state index contributed by atoms with van der Waals surface area (Å²) in [5, 5.41) is 0. The number of nitrogens with two attached hydrogens (primary N) is 1. The molecule has 1 aromatic carbocycles. The second-order valence-corrected chi connectivity index (χ2v) is 3.34. The summed E-state index contributed by atoms with van der Waals surface area (Å²) in [6, 6.07) is 4.42. The number of ether oxygens (including phenoxy) is 1. The first-order valence-corrected chi connectivity index (χ1v) is 4.42. The summed E-state index contributed by atoms with van der Waals surface area (Å²) in [7, 11) is 3.87. The van der Waals surface area contributed by atoms with Gasteiger partial charge >= 0.3 is 0 Å². The molecule has 0 atom stereocenters. The van der Waals surface area contributed by atoms with E-state index in [1.807, 2.05) is 19.0 Å². The first-order valence-electron chi connectivity index (χ1n) is 4.42. The second-order valence-electron chi connectivity index (χ2n) is 3.34. The fraction of sp³-hybridized carbons (Fsp3) is 0.400. The van der Waals surface area contributed by atoms with Gasteiger partial charge in [0.1, 0.15) is 6.61 Å². The molecule has 0 aliphatic carbocycles. The highest BCUT2D eigenvalue weighted by Crippen LogP contribution is 2.18. The van der Waals surface area contributed by atoms with Crippen LogP contribution in [0, 0.1) is 5.82 Å². The van der Waals surface area contributed by atoms with Gasteiger partial charge in [0, 0.05) is 18.3 Å². The number of hydrogen-bond acceptors (Lipinski definition) is 3. The third kappa shape index (κ3) is 3.22. The molecule has 14 heavy (non-hydrogen) atoms. The Kier molecular flexibility index (Phi) is 3.71. The molecule has 0 aliphatic heterocycles. The summed E-state index contributed by atoms with van der Waals surface area (Å²) < 4.78 is 18.4. The standard InChI is InChI=1S/C10H15FN2O/c1-13(2)5-6-14-10-4-3-8(12)7-9(10)11/h3-4,7H,5-6,12H2,1-2H3. The molecule has 1 rings (SSSR count). The molecule has 0 bridgehead atoms. The van der Waals surface area contributed by atoms with Crippen LogP contribution >= 0.6 is 0 Å². The Hall–Kier alpha value is -1.29. The molecule has 0 spiro atoms. The number of hydrogen-bond donors (Lipinski definition) is 1. The minimum absolute atomic E-state index is 0.251. The monoisotopic (exact) mass is 198 g/mol. The van der Waals surface area contributed by atoms with E-state index in [1.165, 1.54) is 6.07 Å². The Labute approximate surface area is 83.3 Å². The van der Waals surface area contributed by atoms with Crippen molar-refractivity contribution in [3.63, 3.8) is 0 Å². The van der Waals surface area contributed by atoms with Crippen LogP contribution in [0.5, 0.6) is 5.75 Å². The zero-order valence-corrected chi connectivity index (χ0v) is 8.46. The quantitative estimate of drug-likeness (QED) is 0.742. The summed E-state index contributed by atoms with van der Waals surface area (Å²) in [6.45, 7) is 1.22.